The fraction of sp³-hybridized carbons (Fsp3) is 1.00. The van der Waals surface area contributed by atoms with Crippen LogP contribution < -0.4 is 0 Å². The van der Waals surface area contributed by atoms with Gasteiger partial charge in [0.25, 0.3) is 0 Å². The van der Waals surface area contributed by atoms with Gasteiger partial charge in [0.2, 0.25) is 0 Å². The standard InChI is InChI=1S/2C4H10N.Fe/c2*1-4(2)3-5;/h2*4-5H,3H2,1-2H3;/q2*-1;+2. The molecule has 0 radical (unpaired) electrons. The summed E-state index contributed by atoms with van der Waals surface area (Å²) in [7, 11) is 0. The summed E-state index contributed by atoms with van der Waals surface area (Å²) in [5.41, 5.74) is 13.3. The third kappa shape index (κ3) is 37.7. The maximum Gasteiger partial charge on any atom is 2.00 e. The molecule has 0 heterocycles. The molecule has 2 nitrogen and oxygen atoms in total. The van der Waals surface area contributed by atoms with Crippen LogP contribution in [0.3, 0.4) is 0 Å². The normalized spacial score (nSPS) is 8.73. The molecule has 11 heavy (non-hydrogen) atoms. The first-order valence-corrected chi connectivity index (χ1v) is 3.83. The van der Waals surface area contributed by atoms with Crippen LogP contribution in [0.4, 0.5) is 0 Å². The Hall–Kier alpha value is 0.439. The third-order valence-electron chi connectivity index (χ3n) is 0.816. The molecule has 0 aromatic heterocycles. The Bertz CT molecular complexity index is 48.1. The van der Waals surface area contributed by atoms with Gasteiger partial charge in [-0.15, -0.1) is 13.1 Å². The number of hydrogen-bond donors (Lipinski definition) is 0. The molecule has 0 aliphatic carbocycles. The molecule has 70 valence electrons. The topological polar surface area (TPSA) is 47.6 Å². The second-order valence-electron chi connectivity index (χ2n) is 3.20. The molecule has 0 saturated carbocycles. The summed E-state index contributed by atoms with van der Waals surface area (Å²) in [5, 5.41) is 0. The summed E-state index contributed by atoms with van der Waals surface area (Å²) in [5.74, 6) is 1.10. The molecular weight excluding hydrogens is 180 g/mol. The molecule has 0 fully saturated rings. The first kappa shape index (κ1) is 17.5. The molecule has 0 bridgehead atoms. The molecule has 2 N–H and O–H groups in total. The second kappa shape index (κ2) is 13.1. The minimum absolute atomic E-state index is 0. The quantitative estimate of drug-likeness (QED) is 0.613. The van der Waals surface area contributed by atoms with E-state index in [1.807, 2.05) is 27.7 Å². The van der Waals surface area contributed by atoms with Crippen molar-refractivity contribution in [1.29, 1.82) is 0 Å². The predicted octanol–water partition coefficient (Wildman–Crippen LogP) is 3.39. The van der Waals surface area contributed by atoms with Crippen LogP contribution in [0.1, 0.15) is 27.7 Å². The van der Waals surface area contributed by atoms with Gasteiger partial charge in [0.1, 0.15) is 0 Å². The number of nitrogens with one attached hydrogen (secondary N) is 2. The van der Waals surface area contributed by atoms with Gasteiger partial charge in [0.15, 0.2) is 0 Å². The first-order valence-electron chi connectivity index (χ1n) is 3.83. The summed E-state index contributed by atoms with van der Waals surface area (Å²) in [6.45, 7) is 9.25. The van der Waals surface area contributed by atoms with E-state index < -0.39 is 0 Å². The summed E-state index contributed by atoms with van der Waals surface area (Å²) in [6, 6.07) is 0. The van der Waals surface area contributed by atoms with E-state index in [-0.39, 0.29) is 17.1 Å². The van der Waals surface area contributed by atoms with Crippen LogP contribution in [0.2, 0.25) is 0 Å². The van der Waals surface area contributed by atoms with Gasteiger partial charge in [-0.25, -0.2) is 0 Å². The summed E-state index contributed by atoms with van der Waals surface area (Å²) >= 11 is 0. The van der Waals surface area contributed by atoms with Crippen molar-refractivity contribution < 1.29 is 17.1 Å². The zero-order chi connectivity index (χ0) is 8.57. The first-order chi connectivity index (χ1) is 4.54. The fourth-order valence-electron chi connectivity index (χ4n) is 0. The van der Waals surface area contributed by atoms with E-state index in [9.17, 15) is 0 Å². The van der Waals surface area contributed by atoms with Crippen molar-refractivity contribution in [2.24, 2.45) is 11.8 Å². The summed E-state index contributed by atoms with van der Waals surface area (Å²) < 4.78 is 0. The fourth-order valence-corrected chi connectivity index (χ4v) is 0. The van der Waals surface area contributed by atoms with Crippen molar-refractivity contribution in [1.82, 2.24) is 0 Å². The summed E-state index contributed by atoms with van der Waals surface area (Å²) in [6.07, 6.45) is 0. The Morgan fingerprint density at radius 2 is 0.909 bits per heavy atom. The smallest absolute Gasteiger partial charge is 0.677 e. The van der Waals surface area contributed by atoms with Crippen molar-refractivity contribution in [3.05, 3.63) is 11.5 Å². The van der Waals surface area contributed by atoms with Crippen LogP contribution in [-0.2, 0) is 17.1 Å². The molecule has 0 aromatic carbocycles. The Morgan fingerprint density at radius 3 is 0.909 bits per heavy atom. The molecule has 0 aliphatic heterocycles. The molecule has 0 aliphatic rings. The van der Waals surface area contributed by atoms with E-state index >= 15 is 0 Å². The molecule has 0 amide bonds. The van der Waals surface area contributed by atoms with Crippen molar-refractivity contribution in [3.63, 3.8) is 0 Å². The monoisotopic (exact) mass is 200 g/mol. The van der Waals surface area contributed by atoms with E-state index in [2.05, 4.69) is 0 Å². The zero-order valence-electron chi connectivity index (χ0n) is 7.92. The largest absolute Gasteiger partial charge is 2.00 e. The predicted molar refractivity (Wildman–Crippen MR) is 48.1 cm³/mol. The van der Waals surface area contributed by atoms with Gasteiger partial charge in [0.05, 0.1) is 0 Å². The SMILES string of the molecule is CC(C)C[NH-].CC(C)C[NH-].[Fe+2]. The summed E-state index contributed by atoms with van der Waals surface area (Å²) in [4.78, 5) is 0. The van der Waals surface area contributed by atoms with Gasteiger partial charge < -0.3 is 11.5 Å². The van der Waals surface area contributed by atoms with Gasteiger partial charge >= 0.3 is 17.1 Å². The zero-order valence-corrected chi connectivity index (χ0v) is 9.03. The van der Waals surface area contributed by atoms with Crippen LogP contribution in [0.25, 0.3) is 11.5 Å². The Kier molecular flexibility index (Phi) is 20.8. The van der Waals surface area contributed by atoms with Gasteiger partial charge in [-0.2, -0.15) is 0 Å². The van der Waals surface area contributed by atoms with Crippen LogP contribution >= 0.6 is 0 Å². The Morgan fingerprint density at radius 1 is 0.818 bits per heavy atom. The molecule has 0 rings (SSSR count). The maximum atomic E-state index is 6.66. The van der Waals surface area contributed by atoms with E-state index in [4.69, 9.17) is 11.5 Å². The minimum atomic E-state index is 0. The number of rotatable bonds is 2. The molecule has 3 heteroatoms. The van der Waals surface area contributed by atoms with E-state index in [1.165, 1.54) is 0 Å². The van der Waals surface area contributed by atoms with Crippen LogP contribution in [0.15, 0.2) is 0 Å². The van der Waals surface area contributed by atoms with Crippen molar-refractivity contribution in [2.45, 2.75) is 27.7 Å². The van der Waals surface area contributed by atoms with Gasteiger partial charge in [-0.1, -0.05) is 39.5 Å². The van der Waals surface area contributed by atoms with Crippen molar-refractivity contribution in [3.8, 4) is 0 Å². The minimum Gasteiger partial charge on any atom is -0.677 e. The van der Waals surface area contributed by atoms with Gasteiger partial charge in [0, 0.05) is 0 Å². The Balaban J connectivity index is -0.000000107. The van der Waals surface area contributed by atoms with E-state index in [0.29, 0.717) is 24.9 Å². The third-order valence-corrected chi connectivity index (χ3v) is 0.816. The second-order valence-corrected chi connectivity index (χ2v) is 3.20. The average Bonchev–Trinajstić information content (AvgIpc) is 1.89. The molecule has 0 atom stereocenters. The van der Waals surface area contributed by atoms with Crippen molar-refractivity contribution in [2.75, 3.05) is 13.1 Å². The Labute approximate surface area is 81.6 Å². The number of hydrogen-bond acceptors (Lipinski definition) is 0. The molecule has 0 saturated heterocycles. The van der Waals surface area contributed by atoms with Crippen LogP contribution in [0, 0.1) is 11.8 Å². The molecule has 0 unspecified atom stereocenters. The van der Waals surface area contributed by atoms with E-state index in [0.717, 1.165) is 0 Å². The molecular formula is C8H20FeN2. The van der Waals surface area contributed by atoms with Gasteiger partial charge in [-0.05, 0) is 0 Å². The van der Waals surface area contributed by atoms with Crippen molar-refractivity contribution >= 4 is 0 Å². The van der Waals surface area contributed by atoms with E-state index in [1.54, 1.807) is 0 Å². The maximum absolute atomic E-state index is 6.66. The van der Waals surface area contributed by atoms with Crippen LogP contribution in [0.5, 0.6) is 0 Å². The van der Waals surface area contributed by atoms with Gasteiger partial charge in [-0.3, -0.25) is 0 Å². The average molecular weight is 200 g/mol. The van der Waals surface area contributed by atoms with Crippen LogP contribution in [-0.4, -0.2) is 13.1 Å². The molecule has 0 spiro atoms. The molecule has 0 aromatic rings.